The highest BCUT2D eigenvalue weighted by molar-refractivity contribution is 7.09. The van der Waals surface area contributed by atoms with Crippen molar-refractivity contribution in [2.24, 2.45) is 5.92 Å². The maximum Gasteiger partial charge on any atom is 0.107 e. The second kappa shape index (κ2) is 5.94. The summed E-state index contributed by atoms with van der Waals surface area (Å²) in [6.45, 7) is 10.2. The lowest BCUT2D eigenvalue weighted by Gasteiger charge is -2.41. The maximum atomic E-state index is 4.41. The highest BCUT2D eigenvalue weighted by Gasteiger charge is 2.29. The van der Waals surface area contributed by atoms with E-state index in [0.717, 1.165) is 25.6 Å². The second-order valence-corrected chi connectivity index (χ2v) is 6.10. The van der Waals surface area contributed by atoms with Gasteiger partial charge in [0.15, 0.2) is 0 Å². The molecule has 1 saturated heterocycles. The van der Waals surface area contributed by atoms with Crippen LogP contribution in [0, 0.1) is 5.92 Å². The highest BCUT2D eigenvalue weighted by Crippen LogP contribution is 2.21. The number of hydrogen-bond donors (Lipinski definition) is 1. The molecule has 1 aliphatic rings. The molecule has 2 heterocycles. The summed E-state index contributed by atoms with van der Waals surface area (Å²) in [4.78, 5) is 7.02. The van der Waals surface area contributed by atoms with Crippen molar-refractivity contribution in [2.45, 2.75) is 45.8 Å². The largest absolute Gasteiger partial charge is 0.311 e. The highest BCUT2D eigenvalue weighted by atomic mass is 32.1. The Morgan fingerprint density at radius 1 is 1.65 bits per heavy atom. The number of nitrogens with zero attached hydrogens (tertiary/aromatic N) is 2. The Morgan fingerprint density at radius 3 is 3.12 bits per heavy atom. The zero-order valence-electron chi connectivity index (χ0n) is 11.0. The topological polar surface area (TPSA) is 28.2 Å². The van der Waals surface area contributed by atoms with E-state index in [0.29, 0.717) is 12.1 Å². The van der Waals surface area contributed by atoms with Gasteiger partial charge in [-0.25, -0.2) is 4.98 Å². The Hall–Kier alpha value is -0.450. The molecule has 2 rings (SSSR count). The average Bonchev–Trinajstić information content (AvgIpc) is 2.81. The SMILES string of the molecule is CCC(C)C1CNC(C)CN1Cc1nccs1. The maximum absolute atomic E-state index is 4.41. The van der Waals surface area contributed by atoms with Crippen LogP contribution in [-0.4, -0.2) is 35.1 Å². The van der Waals surface area contributed by atoms with E-state index in [1.54, 1.807) is 11.3 Å². The predicted molar refractivity (Wildman–Crippen MR) is 73.2 cm³/mol. The molecule has 0 aliphatic carbocycles. The molecule has 3 nitrogen and oxygen atoms in total. The zero-order chi connectivity index (χ0) is 12.3. The van der Waals surface area contributed by atoms with Crippen LogP contribution in [0.1, 0.15) is 32.2 Å². The van der Waals surface area contributed by atoms with Gasteiger partial charge < -0.3 is 5.32 Å². The predicted octanol–water partition coefficient (Wildman–Crippen LogP) is 2.35. The molecule has 0 radical (unpaired) electrons. The summed E-state index contributed by atoms with van der Waals surface area (Å²) in [5.74, 6) is 0.745. The molecule has 1 aromatic heterocycles. The van der Waals surface area contributed by atoms with Crippen molar-refractivity contribution in [1.29, 1.82) is 0 Å². The van der Waals surface area contributed by atoms with Crippen molar-refractivity contribution in [3.05, 3.63) is 16.6 Å². The molecule has 3 atom stereocenters. The number of piperazine rings is 1. The Balaban J connectivity index is 2.03. The minimum absolute atomic E-state index is 0.593. The molecule has 0 aromatic carbocycles. The van der Waals surface area contributed by atoms with E-state index in [9.17, 15) is 0 Å². The smallest absolute Gasteiger partial charge is 0.107 e. The molecule has 4 heteroatoms. The Bertz CT molecular complexity index is 325. The lowest BCUT2D eigenvalue weighted by Crippen LogP contribution is -2.57. The van der Waals surface area contributed by atoms with E-state index in [-0.39, 0.29) is 0 Å². The molecule has 0 amide bonds. The van der Waals surface area contributed by atoms with Gasteiger partial charge in [-0.3, -0.25) is 4.90 Å². The summed E-state index contributed by atoms with van der Waals surface area (Å²) >= 11 is 1.77. The number of aromatic nitrogens is 1. The molecule has 17 heavy (non-hydrogen) atoms. The van der Waals surface area contributed by atoms with Crippen molar-refractivity contribution in [2.75, 3.05) is 13.1 Å². The third-order valence-corrected chi connectivity index (χ3v) is 4.54. The third-order valence-electron chi connectivity index (χ3n) is 3.78. The summed E-state index contributed by atoms with van der Waals surface area (Å²) in [6, 6.07) is 1.25. The van der Waals surface area contributed by atoms with Crippen LogP contribution < -0.4 is 5.32 Å². The molecule has 1 N–H and O–H groups in total. The van der Waals surface area contributed by atoms with E-state index in [4.69, 9.17) is 0 Å². The first kappa shape index (κ1) is 13.0. The summed E-state index contributed by atoms with van der Waals surface area (Å²) in [5, 5.41) is 6.91. The first-order chi connectivity index (χ1) is 8.20. The summed E-state index contributed by atoms with van der Waals surface area (Å²) in [5.41, 5.74) is 0. The number of nitrogens with one attached hydrogen (secondary N) is 1. The molecular weight excluding hydrogens is 230 g/mol. The monoisotopic (exact) mass is 253 g/mol. The van der Waals surface area contributed by atoms with Crippen LogP contribution in [0.5, 0.6) is 0 Å². The minimum Gasteiger partial charge on any atom is -0.311 e. The van der Waals surface area contributed by atoms with Crippen molar-refractivity contribution < 1.29 is 0 Å². The Morgan fingerprint density at radius 2 is 2.47 bits per heavy atom. The minimum atomic E-state index is 0.593. The summed E-state index contributed by atoms with van der Waals surface area (Å²) in [7, 11) is 0. The second-order valence-electron chi connectivity index (χ2n) is 5.12. The van der Waals surface area contributed by atoms with E-state index in [1.807, 2.05) is 6.20 Å². The van der Waals surface area contributed by atoms with Crippen molar-refractivity contribution in [3.8, 4) is 0 Å². The van der Waals surface area contributed by atoms with Crippen LogP contribution in [0.2, 0.25) is 0 Å². The van der Waals surface area contributed by atoms with Crippen LogP contribution in [-0.2, 0) is 6.54 Å². The fraction of sp³-hybridized carbons (Fsp3) is 0.769. The van der Waals surface area contributed by atoms with Gasteiger partial charge in [0, 0.05) is 36.8 Å². The molecule has 0 spiro atoms. The van der Waals surface area contributed by atoms with Gasteiger partial charge in [0.25, 0.3) is 0 Å². The van der Waals surface area contributed by atoms with E-state index < -0.39 is 0 Å². The van der Waals surface area contributed by atoms with Gasteiger partial charge in [-0.1, -0.05) is 20.3 Å². The van der Waals surface area contributed by atoms with E-state index in [2.05, 4.69) is 41.4 Å². The normalized spacial score (nSPS) is 28.2. The molecule has 1 aliphatic heterocycles. The van der Waals surface area contributed by atoms with E-state index in [1.165, 1.54) is 11.4 Å². The fourth-order valence-corrected chi connectivity index (χ4v) is 3.16. The summed E-state index contributed by atoms with van der Waals surface area (Å²) < 4.78 is 0. The van der Waals surface area contributed by atoms with Crippen LogP contribution in [0.3, 0.4) is 0 Å². The number of hydrogen-bond acceptors (Lipinski definition) is 4. The average molecular weight is 253 g/mol. The van der Waals surface area contributed by atoms with Gasteiger partial charge in [0.05, 0.1) is 6.54 Å². The van der Waals surface area contributed by atoms with E-state index >= 15 is 0 Å². The number of rotatable bonds is 4. The lowest BCUT2D eigenvalue weighted by molar-refractivity contribution is 0.0884. The first-order valence-corrected chi connectivity index (χ1v) is 7.44. The molecule has 96 valence electrons. The molecule has 1 aromatic rings. The van der Waals surface area contributed by atoms with Gasteiger partial charge in [-0.15, -0.1) is 11.3 Å². The standard InChI is InChI=1S/C13H23N3S/c1-4-10(2)12-7-15-11(3)8-16(12)9-13-14-5-6-17-13/h5-6,10-12,15H,4,7-9H2,1-3H3. The lowest BCUT2D eigenvalue weighted by atomic mass is 9.95. The molecule has 0 bridgehead atoms. The quantitative estimate of drug-likeness (QED) is 0.893. The van der Waals surface area contributed by atoms with Crippen molar-refractivity contribution in [1.82, 2.24) is 15.2 Å². The van der Waals surface area contributed by atoms with Gasteiger partial charge in [-0.05, 0) is 12.8 Å². The van der Waals surface area contributed by atoms with Crippen LogP contribution in [0.25, 0.3) is 0 Å². The van der Waals surface area contributed by atoms with Gasteiger partial charge >= 0.3 is 0 Å². The van der Waals surface area contributed by atoms with Crippen molar-refractivity contribution >= 4 is 11.3 Å². The van der Waals surface area contributed by atoms with Gasteiger partial charge in [-0.2, -0.15) is 0 Å². The molecular formula is C13H23N3S. The number of thiazole rings is 1. The van der Waals surface area contributed by atoms with Crippen molar-refractivity contribution in [3.63, 3.8) is 0 Å². The third kappa shape index (κ3) is 3.27. The van der Waals surface area contributed by atoms with Crippen LogP contribution in [0.4, 0.5) is 0 Å². The van der Waals surface area contributed by atoms with Gasteiger partial charge in [0.2, 0.25) is 0 Å². The first-order valence-electron chi connectivity index (χ1n) is 6.56. The molecule has 1 fully saturated rings. The Kier molecular flexibility index (Phi) is 4.54. The van der Waals surface area contributed by atoms with Crippen LogP contribution >= 0.6 is 11.3 Å². The summed E-state index contributed by atoms with van der Waals surface area (Å²) in [6.07, 6.45) is 3.15. The fourth-order valence-electron chi connectivity index (χ4n) is 2.52. The van der Waals surface area contributed by atoms with Crippen LogP contribution in [0.15, 0.2) is 11.6 Å². The molecule has 3 unspecified atom stereocenters. The molecule has 0 saturated carbocycles. The zero-order valence-corrected chi connectivity index (χ0v) is 11.8. The Labute approximate surface area is 108 Å². The van der Waals surface area contributed by atoms with Gasteiger partial charge in [0.1, 0.15) is 5.01 Å².